The van der Waals surface area contributed by atoms with Gasteiger partial charge in [0.05, 0.1) is 12.7 Å². The predicted molar refractivity (Wildman–Crippen MR) is 109 cm³/mol. The van der Waals surface area contributed by atoms with Crippen LogP contribution in [0.15, 0.2) is 53.1 Å². The molecule has 1 aromatic heterocycles. The van der Waals surface area contributed by atoms with Gasteiger partial charge in [0.15, 0.2) is 11.5 Å². The number of aromatic nitrogens is 1. The summed E-state index contributed by atoms with van der Waals surface area (Å²) < 4.78 is 10.9. The predicted octanol–water partition coefficient (Wildman–Crippen LogP) is 5.30. The normalized spacial score (nSPS) is 14.1. The smallest absolute Gasteiger partial charge is 0.276 e. The third-order valence-electron chi connectivity index (χ3n) is 5.02. The van der Waals surface area contributed by atoms with E-state index in [0.717, 1.165) is 49.2 Å². The van der Waals surface area contributed by atoms with Gasteiger partial charge in [0.2, 0.25) is 0 Å². The molecule has 2 aromatic carbocycles. The van der Waals surface area contributed by atoms with Crippen LogP contribution >= 0.6 is 11.6 Å². The number of nitrogens with zero attached hydrogens (tertiary/aromatic N) is 2. The Morgan fingerprint density at radius 3 is 2.29 bits per heavy atom. The minimum absolute atomic E-state index is 0.0897. The number of amides is 1. The van der Waals surface area contributed by atoms with Crippen LogP contribution in [0.1, 0.15) is 29.8 Å². The molecule has 0 atom stereocenters. The molecule has 0 saturated carbocycles. The van der Waals surface area contributed by atoms with Crippen molar-refractivity contribution in [2.45, 2.75) is 19.3 Å². The van der Waals surface area contributed by atoms with E-state index in [9.17, 15) is 4.79 Å². The minimum atomic E-state index is -0.0897. The molecule has 6 heteroatoms. The fraction of sp³-hybridized carbons (Fsp3) is 0.273. The zero-order chi connectivity index (χ0) is 19.5. The summed E-state index contributed by atoms with van der Waals surface area (Å²) in [5, 5.41) is 4.81. The molecule has 1 saturated heterocycles. The van der Waals surface area contributed by atoms with Gasteiger partial charge in [-0.3, -0.25) is 4.79 Å². The topological polar surface area (TPSA) is 55.6 Å². The second-order valence-corrected chi connectivity index (χ2v) is 7.26. The molecule has 144 valence electrons. The first-order valence-corrected chi connectivity index (χ1v) is 9.74. The molecule has 0 radical (unpaired) electrons. The van der Waals surface area contributed by atoms with Crippen LogP contribution in [-0.4, -0.2) is 36.2 Å². The summed E-state index contributed by atoms with van der Waals surface area (Å²) in [6.45, 7) is 1.51. The van der Waals surface area contributed by atoms with Gasteiger partial charge in [-0.15, -0.1) is 0 Å². The van der Waals surface area contributed by atoms with E-state index in [1.165, 1.54) is 0 Å². The molecule has 1 aliphatic rings. The second kappa shape index (κ2) is 8.07. The van der Waals surface area contributed by atoms with Gasteiger partial charge in [-0.2, -0.15) is 0 Å². The molecule has 3 aromatic rings. The number of rotatable bonds is 4. The van der Waals surface area contributed by atoms with Crippen molar-refractivity contribution in [3.63, 3.8) is 0 Å². The van der Waals surface area contributed by atoms with Crippen LogP contribution in [-0.2, 0) is 0 Å². The first-order chi connectivity index (χ1) is 13.7. The summed E-state index contributed by atoms with van der Waals surface area (Å²) in [5.74, 6) is 1.22. The number of likely N-dealkylation sites (tertiary alicyclic amines) is 1. The highest BCUT2D eigenvalue weighted by molar-refractivity contribution is 6.30. The molecule has 1 amide bonds. The maximum atomic E-state index is 13.2. The summed E-state index contributed by atoms with van der Waals surface area (Å²) >= 11 is 6.06. The SMILES string of the molecule is COc1ccc(-c2onc(C(=O)N3CCCCC3)c2-c2ccc(Cl)cc2)cc1. The van der Waals surface area contributed by atoms with Crippen LogP contribution in [0.3, 0.4) is 0 Å². The molecule has 28 heavy (non-hydrogen) atoms. The van der Waals surface area contributed by atoms with Crippen molar-refractivity contribution in [3.8, 4) is 28.2 Å². The highest BCUT2D eigenvalue weighted by Gasteiger charge is 2.28. The molecule has 4 rings (SSSR count). The lowest BCUT2D eigenvalue weighted by atomic mass is 9.98. The third-order valence-corrected chi connectivity index (χ3v) is 5.28. The lowest BCUT2D eigenvalue weighted by Crippen LogP contribution is -2.36. The van der Waals surface area contributed by atoms with Gasteiger partial charge >= 0.3 is 0 Å². The zero-order valence-electron chi connectivity index (χ0n) is 15.7. The maximum absolute atomic E-state index is 13.2. The van der Waals surface area contributed by atoms with E-state index >= 15 is 0 Å². The van der Waals surface area contributed by atoms with E-state index in [-0.39, 0.29) is 5.91 Å². The Bertz CT molecular complexity index is 958. The lowest BCUT2D eigenvalue weighted by Gasteiger charge is -2.26. The molecule has 0 spiro atoms. The number of hydrogen-bond donors (Lipinski definition) is 0. The standard InChI is InChI=1S/C22H21ClN2O3/c1-27-18-11-7-16(8-12-18)21-19(15-5-9-17(23)10-6-15)20(24-28-21)22(26)25-13-3-2-4-14-25/h5-12H,2-4,13-14H2,1H3. The zero-order valence-corrected chi connectivity index (χ0v) is 16.4. The third kappa shape index (κ3) is 3.62. The van der Waals surface area contributed by atoms with Crippen molar-refractivity contribution < 1.29 is 14.1 Å². The van der Waals surface area contributed by atoms with E-state index in [0.29, 0.717) is 22.0 Å². The van der Waals surface area contributed by atoms with Crippen molar-refractivity contribution in [2.75, 3.05) is 20.2 Å². The van der Waals surface area contributed by atoms with Gasteiger partial charge < -0.3 is 14.2 Å². The van der Waals surface area contributed by atoms with E-state index in [1.54, 1.807) is 19.2 Å². The quantitative estimate of drug-likeness (QED) is 0.600. The summed E-state index contributed by atoms with van der Waals surface area (Å²) in [6, 6.07) is 14.9. The number of piperidine rings is 1. The number of halogens is 1. The molecular weight excluding hydrogens is 376 g/mol. The molecule has 0 unspecified atom stereocenters. The lowest BCUT2D eigenvalue weighted by molar-refractivity contribution is 0.0714. The molecule has 1 aliphatic heterocycles. The van der Waals surface area contributed by atoms with Crippen LogP contribution in [0.5, 0.6) is 5.75 Å². The van der Waals surface area contributed by atoms with Crippen molar-refractivity contribution in [2.24, 2.45) is 0 Å². The Morgan fingerprint density at radius 1 is 1.00 bits per heavy atom. The minimum Gasteiger partial charge on any atom is -0.497 e. The van der Waals surface area contributed by atoms with Crippen molar-refractivity contribution in [1.82, 2.24) is 10.1 Å². The number of methoxy groups -OCH3 is 1. The Morgan fingerprint density at radius 2 is 1.64 bits per heavy atom. The Hall–Kier alpha value is -2.79. The molecule has 0 N–H and O–H groups in total. The average molecular weight is 397 g/mol. The van der Waals surface area contributed by atoms with Crippen molar-refractivity contribution in [1.29, 1.82) is 0 Å². The fourth-order valence-corrected chi connectivity index (χ4v) is 3.63. The highest BCUT2D eigenvalue weighted by Crippen LogP contribution is 2.37. The molecule has 1 fully saturated rings. The largest absolute Gasteiger partial charge is 0.497 e. The van der Waals surface area contributed by atoms with Crippen molar-refractivity contribution >= 4 is 17.5 Å². The number of carbonyl (C=O) groups excluding carboxylic acids is 1. The van der Waals surface area contributed by atoms with E-state index < -0.39 is 0 Å². The number of benzene rings is 2. The second-order valence-electron chi connectivity index (χ2n) is 6.82. The number of hydrogen-bond acceptors (Lipinski definition) is 4. The van der Waals surface area contributed by atoms with Gasteiger partial charge in [0.25, 0.3) is 5.91 Å². The van der Waals surface area contributed by atoms with Gasteiger partial charge in [-0.25, -0.2) is 0 Å². The van der Waals surface area contributed by atoms with Gasteiger partial charge in [-0.1, -0.05) is 28.9 Å². The Kier molecular flexibility index (Phi) is 5.35. The average Bonchev–Trinajstić information content (AvgIpc) is 3.19. The summed E-state index contributed by atoms with van der Waals surface area (Å²) in [5.41, 5.74) is 2.71. The monoisotopic (exact) mass is 396 g/mol. The number of carbonyl (C=O) groups is 1. The maximum Gasteiger partial charge on any atom is 0.276 e. The molecule has 5 nitrogen and oxygen atoms in total. The van der Waals surface area contributed by atoms with Crippen LogP contribution < -0.4 is 4.74 Å². The van der Waals surface area contributed by atoms with E-state index in [4.69, 9.17) is 20.9 Å². The van der Waals surface area contributed by atoms with E-state index in [2.05, 4.69) is 5.16 Å². The first kappa shape index (κ1) is 18.6. The molecule has 0 aliphatic carbocycles. The molecule has 2 heterocycles. The van der Waals surface area contributed by atoms with Crippen molar-refractivity contribution in [3.05, 3.63) is 59.2 Å². The molecule has 0 bridgehead atoms. The first-order valence-electron chi connectivity index (χ1n) is 9.36. The van der Waals surface area contributed by atoms with E-state index in [1.807, 2.05) is 41.3 Å². The van der Waals surface area contributed by atoms with Crippen LogP contribution in [0.25, 0.3) is 22.5 Å². The van der Waals surface area contributed by atoms with Crippen LogP contribution in [0.2, 0.25) is 5.02 Å². The summed E-state index contributed by atoms with van der Waals surface area (Å²) in [4.78, 5) is 15.0. The molecular formula is C22H21ClN2O3. The number of ether oxygens (including phenoxy) is 1. The summed E-state index contributed by atoms with van der Waals surface area (Å²) in [6.07, 6.45) is 3.19. The van der Waals surface area contributed by atoms with Gasteiger partial charge in [-0.05, 0) is 61.2 Å². The highest BCUT2D eigenvalue weighted by atomic mass is 35.5. The summed E-state index contributed by atoms with van der Waals surface area (Å²) in [7, 11) is 1.62. The van der Waals surface area contributed by atoms with Gasteiger partial charge in [0, 0.05) is 23.7 Å². The van der Waals surface area contributed by atoms with Crippen LogP contribution in [0, 0.1) is 0 Å². The van der Waals surface area contributed by atoms with Crippen LogP contribution in [0.4, 0.5) is 0 Å². The fourth-order valence-electron chi connectivity index (χ4n) is 3.51. The van der Waals surface area contributed by atoms with Gasteiger partial charge in [0.1, 0.15) is 5.75 Å². The Labute approximate surface area is 168 Å². The Balaban J connectivity index is 1.80.